The Balaban J connectivity index is 1.87. The van der Waals surface area contributed by atoms with Gasteiger partial charge >= 0.3 is 0 Å². The number of fused-ring (bicyclic) bond motifs is 1. The van der Waals surface area contributed by atoms with Crippen LogP contribution in [-0.2, 0) is 0 Å². The Morgan fingerprint density at radius 2 is 1.83 bits per heavy atom. The third-order valence-corrected chi connectivity index (χ3v) is 4.41. The summed E-state index contributed by atoms with van der Waals surface area (Å²) in [6.45, 7) is 0. The number of benzene rings is 2. The number of phenols is 1. The fourth-order valence-electron chi connectivity index (χ4n) is 3.00. The van der Waals surface area contributed by atoms with Gasteiger partial charge in [-0.15, -0.1) is 4.73 Å². The van der Waals surface area contributed by atoms with E-state index in [0.29, 0.717) is 28.3 Å². The van der Waals surface area contributed by atoms with Gasteiger partial charge < -0.3 is 20.0 Å². The summed E-state index contributed by atoms with van der Waals surface area (Å²) in [5.41, 5.74) is 1.22. The summed E-state index contributed by atoms with van der Waals surface area (Å²) in [6.07, 6.45) is 1.59. The van der Waals surface area contributed by atoms with E-state index in [1.54, 1.807) is 24.4 Å². The minimum atomic E-state index is -0.465. The molecule has 0 aliphatic carbocycles. The summed E-state index contributed by atoms with van der Waals surface area (Å²) in [5.74, 6) is 0.791. The summed E-state index contributed by atoms with van der Waals surface area (Å²) in [4.78, 5) is 27.1. The molecular formula is C21H18N4O4. The van der Waals surface area contributed by atoms with Crippen molar-refractivity contribution < 1.29 is 14.7 Å². The second-order valence-electron chi connectivity index (χ2n) is 6.19. The van der Waals surface area contributed by atoms with Gasteiger partial charge in [-0.1, -0.05) is 18.2 Å². The molecule has 29 heavy (non-hydrogen) atoms. The number of hydrogen-bond acceptors (Lipinski definition) is 7. The van der Waals surface area contributed by atoms with Crippen molar-refractivity contribution in [1.82, 2.24) is 14.7 Å². The number of methoxy groups -OCH3 is 1. The van der Waals surface area contributed by atoms with Gasteiger partial charge in [-0.3, -0.25) is 4.79 Å². The molecule has 0 spiro atoms. The standard InChI is InChI=1S/C21H18N4O4/c1-28-15-8-9-18(26)16(11-15)17-10-13-12-22-21(23-14-6-4-3-5-7-14)24-19(13)25(29-2)20(17)27/h3-12,26H,1-2H3,(H,22,23,24). The van der Waals surface area contributed by atoms with E-state index in [1.807, 2.05) is 30.3 Å². The van der Waals surface area contributed by atoms with E-state index < -0.39 is 5.56 Å². The first-order valence-electron chi connectivity index (χ1n) is 8.77. The molecule has 146 valence electrons. The Morgan fingerprint density at radius 3 is 2.55 bits per heavy atom. The second-order valence-corrected chi connectivity index (χ2v) is 6.19. The van der Waals surface area contributed by atoms with Crippen molar-refractivity contribution in [3.63, 3.8) is 0 Å². The van der Waals surface area contributed by atoms with E-state index in [1.165, 1.54) is 20.3 Å². The SMILES string of the molecule is COc1ccc(O)c(-c2cc3cnc(Nc4ccccc4)nc3n(OC)c2=O)c1. The van der Waals surface area contributed by atoms with Crippen LogP contribution in [0.15, 0.2) is 65.6 Å². The molecule has 0 bridgehead atoms. The zero-order chi connectivity index (χ0) is 20.4. The molecule has 0 aliphatic heterocycles. The zero-order valence-corrected chi connectivity index (χ0v) is 15.8. The van der Waals surface area contributed by atoms with Crippen LogP contribution in [0.25, 0.3) is 22.2 Å². The fourth-order valence-corrected chi connectivity index (χ4v) is 3.00. The Bertz CT molecular complexity index is 1240. The highest BCUT2D eigenvalue weighted by Gasteiger charge is 2.17. The van der Waals surface area contributed by atoms with Gasteiger partial charge in [-0.25, -0.2) is 4.98 Å². The monoisotopic (exact) mass is 390 g/mol. The van der Waals surface area contributed by atoms with Gasteiger partial charge in [0.2, 0.25) is 5.95 Å². The van der Waals surface area contributed by atoms with E-state index >= 15 is 0 Å². The highest BCUT2D eigenvalue weighted by Crippen LogP contribution is 2.32. The first kappa shape index (κ1) is 18.3. The van der Waals surface area contributed by atoms with Gasteiger partial charge in [0, 0.05) is 22.8 Å². The van der Waals surface area contributed by atoms with E-state index in [0.717, 1.165) is 10.4 Å². The number of aromatic nitrogens is 3. The molecule has 8 nitrogen and oxygen atoms in total. The van der Waals surface area contributed by atoms with Crippen LogP contribution in [0.5, 0.6) is 11.5 Å². The molecule has 0 fully saturated rings. The zero-order valence-electron chi connectivity index (χ0n) is 15.8. The van der Waals surface area contributed by atoms with Gasteiger partial charge in [0.25, 0.3) is 5.56 Å². The average molecular weight is 390 g/mol. The van der Waals surface area contributed by atoms with Crippen LogP contribution in [0.4, 0.5) is 11.6 Å². The molecule has 0 atom stereocenters. The van der Waals surface area contributed by atoms with Crippen molar-refractivity contribution in [3.8, 4) is 22.6 Å². The Morgan fingerprint density at radius 1 is 1.03 bits per heavy atom. The summed E-state index contributed by atoms with van der Waals surface area (Å²) < 4.78 is 6.27. The van der Waals surface area contributed by atoms with Crippen molar-refractivity contribution in [1.29, 1.82) is 0 Å². The number of nitrogens with zero attached hydrogens (tertiary/aromatic N) is 3. The lowest BCUT2D eigenvalue weighted by atomic mass is 10.0. The van der Waals surface area contributed by atoms with Gasteiger partial charge in [0.15, 0.2) is 5.65 Å². The molecule has 0 aliphatic rings. The third-order valence-electron chi connectivity index (χ3n) is 4.41. The topological polar surface area (TPSA) is 98.5 Å². The normalized spacial score (nSPS) is 10.7. The molecular weight excluding hydrogens is 372 g/mol. The highest BCUT2D eigenvalue weighted by molar-refractivity contribution is 5.83. The summed E-state index contributed by atoms with van der Waals surface area (Å²) in [7, 11) is 2.89. The third kappa shape index (κ3) is 3.43. The van der Waals surface area contributed by atoms with Crippen LogP contribution in [0.1, 0.15) is 0 Å². The fraction of sp³-hybridized carbons (Fsp3) is 0.0952. The van der Waals surface area contributed by atoms with Crippen LogP contribution in [0, 0.1) is 0 Å². The number of anilines is 2. The maximum Gasteiger partial charge on any atom is 0.293 e. The average Bonchev–Trinajstić information content (AvgIpc) is 2.75. The second kappa shape index (κ2) is 7.51. The number of hydrogen-bond donors (Lipinski definition) is 2. The maximum absolute atomic E-state index is 13.0. The molecule has 2 N–H and O–H groups in total. The predicted molar refractivity (Wildman–Crippen MR) is 110 cm³/mol. The first-order valence-corrected chi connectivity index (χ1v) is 8.77. The molecule has 2 aromatic carbocycles. The first-order chi connectivity index (χ1) is 14.1. The quantitative estimate of drug-likeness (QED) is 0.540. The number of nitrogens with one attached hydrogen (secondary N) is 1. The van der Waals surface area contributed by atoms with Crippen LogP contribution in [0.3, 0.4) is 0 Å². The molecule has 4 aromatic rings. The van der Waals surface area contributed by atoms with Gasteiger partial charge in [-0.2, -0.15) is 4.98 Å². The molecule has 4 rings (SSSR count). The van der Waals surface area contributed by atoms with Crippen molar-refractivity contribution >= 4 is 22.7 Å². The van der Waals surface area contributed by atoms with Crippen molar-refractivity contribution in [3.05, 3.63) is 71.1 Å². The Kier molecular flexibility index (Phi) is 4.74. The number of rotatable bonds is 5. The summed E-state index contributed by atoms with van der Waals surface area (Å²) >= 11 is 0. The highest BCUT2D eigenvalue weighted by atomic mass is 16.6. The molecule has 0 saturated carbocycles. The lowest BCUT2D eigenvalue weighted by molar-refractivity contribution is 0.168. The van der Waals surface area contributed by atoms with Crippen LogP contribution >= 0.6 is 0 Å². The van der Waals surface area contributed by atoms with Gasteiger partial charge in [0.05, 0.1) is 12.7 Å². The molecule has 0 unspecified atom stereocenters. The maximum atomic E-state index is 13.0. The van der Waals surface area contributed by atoms with E-state index in [2.05, 4.69) is 15.3 Å². The molecule has 0 saturated heterocycles. The van der Waals surface area contributed by atoms with E-state index in [4.69, 9.17) is 9.57 Å². The van der Waals surface area contributed by atoms with Crippen molar-refractivity contribution in [2.24, 2.45) is 0 Å². The largest absolute Gasteiger partial charge is 0.507 e. The number of para-hydroxylation sites is 1. The van der Waals surface area contributed by atoms with Gasteiger partial charge in [-0.05, 0) is 36.4 Å². The summed E-state index contributed by atoms with van der Waals surface area (Å²) in [5, 5.41) is 13.9. The van der Waals surface area contributed by atoms with Crippen molar-refractivity contribution in [2.45, 2.75) is 0 Å². The molecule has 0 amide bonds. The minimum Gasteiger partial charge on any atom is -0.507 e. The van der Waals surface area contributed by atoms with Crippen LogP contribution in [0.2, 0.25) is 0 Å². The molecule has 2 heterocycles. The number of phenolic OH excluding ortho intramolecular Hbond substituents is 1. The van der Waals surface area contributed by atoms with E-state index in [-0.39, 0.29) is 11.3 Å². The number of pyridine rings is 1. The lowest BCUT2D eigenvalue weighted by Gasteiger charge is -2.13. The van der Waals surface area contributed by atoms with Gasteiger partial charge in [0.1, 0.15) is 18.6 Å². The smallest absolute Gasteiger partial charge is 0.293 e. The van der Waals surface area contributed by atoms with Crippen LogP contribution < -0.4 is 20.5 Å². The Hall–Kier alpha value is -4.07. The van der Waals surface area contributed by atoms with E-state index in [9.17, 15) is 9.90 Å². The lowest BCUT2D eigenvalue weighted by Crippen LogP contribution is -2.27. The Labute approximate surface area is 166 Å². The molecule has 2 aromatic heterocycles. The van der Waals surface area contributed by atoms with Crippen LogP contribution in [-0.4, -0.2) is 34.0 Å². The molecule has 0 radical (unpaired) electrons. The number of aromatic hydroxyl groups is 1. The summed E-state index contributed by atoms with van der Waals surface area (Å²) in [6, 6.07) is 15.7. The molecule has 8 heteroatoms. The number of ether oxygens (including phenoxy) is 1. The minimum absolute atomic E-state index is 0.0480. The van der Waals surface area contributed by atoms with Crippen molar-refractivity contribution in [2.75, 3.05) is 19.5 Å². The predicted octanol–water partition coefficient (Wildman–Crippen LogP) is 2.97.